The summed E-state index contributed by atoms with van der Waals surface area (Å²) in [6.45, 7) is 8.33. The first-order valence-electron chi connectivity index (χ1n) is 7.35. The summed E-state index contributed by atoms with van der Waals surface area (Å²) in [4.78, 5) is 1.20. The lowest BCUT2D eigenvalue weighted by molar-refractivity contribution is 0.272. The molecule has 0 radical (unpaired) electrons. The van der Waals surface area contributed by atoms with Crippen molar-refractivity contribution in [2.75, 3.05) is 0 Å². The van der Waals surface area contributed by atoms with E-state index < -0.39 is 14.2 Å². The van der Waals surface area contributed by atoms with Crippen molar-refractivity contribution in [3.05, 3.63) is 83.9 Å². The summed E-state index contributed by atoms with van der Waals surface area (Å²) in [5.74, 6) is 0. The molecule has 0 aliphatic rings. The second kappa shape index (κ2) is 7.63. The van der Waals surface area contributed by atoms with Crippen molar-refractivity contribution in [1.82, 2.24) is 0 Å². The molecule has 0 fully saturated rings. The van der Waals surface area contributed by atoms with E-state index in [1.165, 1.54) is 14.6 Å². The van der Waals surface area contributed by atoms with Crippen LogP contribution in [-0.4, -0.2) is 19.3 Å². The molecule has 2 aromatic rings. The van der Waals surface area contributed by atoms with Gasteiger partial charge in [0.2, 0.25) is 0 Å². The van der Waals surface area contributed by atoms with Gasteiger partial charge in [-0.25, -0.2) is 0 Å². The highest BCUT2D eigenvalue weighted by Gasteiger charge is 2.29. The molecule has 0 aromatic heterocycles. The maximum atomic E-state index is 10.0. The summed E-state index contributed by atoms with van der Waals surface area (Å²) in [6.07, 6.45) is 2.91. The van der Waals surface area contributed by atoms with E-state index >= 15 is 0 Å². The zero-order valence-corrected chi connectivity index (χ0v) is 14.9. The van der Waals surface area contributed by atoms with E-state index in [9.17, 15) is 5.11 Å². The average Bonchev–Trinajstić information content (AvgIpc) is 2.56. The van der Waals surface area contributed by atoms with Gasteiger partial charge in [-0.05, 0) is 22.7 Å². The van der Waals surface area contributed by atoms with E-state index in [-0.39, 0.29) is 0 Å². The number of aliphatic hydroxyl groups is 1. The van der Waals surface area contributed by atoms with Crippen LogP contribution in [0.1, 0.15) is 0 Å². The summed E-state index contributed by atoms with van der Waals surface area (Å²) < 4.78 is 1.25. The Morgan fingerprint density at radius 2 is 1.59 bits per heavy atom. The zero-order valence-electron chi connectivity index (χ0n) is 13.1. The van der Waals surface area contributed by atoms with Gasteiger partial charge in [-0.15, -0.1) is 6.58 Å². The maximum Gasteiger partial charge on any atom is 0.120 e. The van der Waals surface area contributed by atoms with Crippen LogP contribution in [-0.2, 0) is 0 Å². The van der Waals surface area contributed by atoms with Gasteiger partial charge in [-0.1, -0.05) is 84.6 Å². The van der Waals surface area contributed by atoms with Gasteiger partial charge in [-0.3, -0.25) is 0 Å². The fraction of sp³-hybridized carbons (Fsp3) is 0.158. The van der Waals surface area contributed by atoms with Crippen molar-refractivity contribution in [2.24, 2.45) is 0 Å². The first-order chi connectivity index (χ1) is 10.5. The molecule has 2 aromatic carbocycles. The molecule has 0 aliphatic heterocycles. The minimum atomic E-state index is -1.85. The Bertz CT molecular complexity index is 635. The Morgan fingerprint density at radius 3 is 2.14 bits per heavy atom. The Kier molecular flexibility index (Phi) is 5.83. The molecule has 0 aliphatic carbocycles. The van der Waals surface area contributed by atoms with Crippen LogP contribution in [0.2, 0.25) is 13.1 Å². The Balaban J connectivity index is 2.40. The van der Waals surface area contributed by atoms with Gasteiger partial charge in [0.15, 0.2) is 0 Å². The van der Waals surface area contributed by atoms with Crippen LogP contribution in [0.4, 0.5) is 0 Å². The Morgan fingerprint density at radius 1 is 1.05 bits per heavy atom. The Labute approximate surface area is 138 Å². The SMILES string of the molecule is C=CC(O)/C=C(\Sc1ccccc1)[Si](C)(C)c1ccccc1. The predicted molar refractivity (Wildman–Crippen MR) is 100 cm³/mol. The van der Waals surface area contributed by atoms with Crippen molar-refractivity contribution >= 4 is 25.0 Å². The summed E-state index contributed by atoms with van der Waals surface area (Å²) >= 11 is 1.75. The van der Waals surface area contributed by atoms with Crippen molar-refractivity contribution < 1.29 is 5.11 Å². The fourth-order valence-corrected chi connectivity index (χ4v) is 6.59. The molecule has 114 valence electrons. The zero-order chi connectivity index (χ0) is 16.0. The third-order valence-corrected chi connectivity index (χ3v) is 9.52. The van der Waals surface area contributed by atoms with Crippen LogP contribution in [0, 0.1) is 0 Å². The van der Waals surface area contributed by atoms with Gasteiger partial charge in [0.25, 0.3) is 0 Å². The quantitative estimate of drug-likeness (QED) is 0.483. The molecular formula is C19H22OSSi. The number of hydrogen-bond donors (Lipinski definition) is 1. The number of thioether (sulfide) groups is 1. The topological polar surface area (TPSA) is 20.2 Å². The van der Waals surface area contributed by atoms with Crippen LogP contribution in [0.15, 0.2) is 88.8 Å². The van der Waals surface area contributed by atoms with Crippen LogP contribution >= 0.6 is 11.8 Å². The minimum absolute atomic E-state index is 0.610. The molecular weight excluding hydrogens is 304 g/mol. The molecule has 1 nitrogen and oxygen atoms in total. The van der Waals surface area contributed by atoms with Gasteiger partial charge in [-0.2, -0.15) is 0 Å². The molecule has 2 rings (SSSR count). The normalized spacial score (nSPS) is 13.7. The molecule has 1 atom stereocenters. The van der Waals surface area contributed by atoms with E-state index in [1.54, 1.807) is 17.8 Å². The first-order valence-corrected chi connectivity index (χ1v) is 11.2. The molecule has 1 N–H and O–H groups in total. The molecule has 0 spiro atoms. The highest BCUT2D eigenvalue weighted by Crippen LogP contribution is 2.33. The molecule has 0 saturated carbocycles. The van der Waals surface area contributed by atoms with Crippen LogP contribution in [0.5, 0.6) is 0 Å². The second-order valence-electron chi connectivity index (χ2n) is 5.66. The highest BCUT2D eigenvalue weighted by atomic mass is 32.2. The number of aliphatic hydroxyl groups excluding tert-OH is 1. The van der Waals surface area contributed by atoms with E-state index in [0.29, 0.717) is 0 Å². The summed E-state index contributed by atoms with van der Waals surface area (Å²) in [5.41, 5.74) is 0. The first kappa shape index (κ1) is 16.8. The lowest BCUT2D eigenvalue weighted by Gasteiger charge is -2.27. The monoisotopic (exact) mass is 326 g/mol. The smallest absolute Gasteiger partial charge is 0.120 e. The largest absolute Gasteiger partial charge is 0.385 e. The van der Waals surface area contributed by atoms with Crippen LogP contribution < -0.4 is 5.19 Å². The van der Waals surface area contributed by atoms with Crippen molar-refractivity contribution in [1.29, 1.82) is 0 Å². The second-order valence-corrected chi connectivity index (χ2v) is 11.5. The van der Waals surface area contributed by atoms with Gasteiger partial charge in [0.05, 0.1) is 6.10 Å². The number of rotatable bonds is 6. The molecule has 0 heterocycles. The highest BCUT2D eigenvalue weighted by molar-refractivity contribution is 8.05. The number of hydrogen-bond acceptors (Lipinski definition) is 2. The molecule has 0 amide bonds. The van der Waals surface area contributed by atoms with E-state index in [0.717, 1.165) is 0 Å². The minimum Gasteiger partial charge on any atom is -0.385 e. The van der Waals surface area contributed by atoms with Crippen LogP contribution in [0.25, 0.3) is 0 Å². The third kappa shape index (κ3) is 4.23. The van der Waals surface area contributed by atoms with E-state index in [1.807, 2.05) is 30.3 Å². The lowest BCUT2D eigenvalue weighted by atomic mass is 10.3. The molecule has 1 unspecified atom stereocenters. The molecule has 0 bridgehead atoms. The maximum absolute atomic E-state index is 10.0. The van der Waals surface area contributed by atoms with Crippen molar-refractivity contribution in [3.63, 3.8) is 0 Å². The molecule has 3 heteroatoms. The van der Waals surface area contributed by atoms with Crippen molar-refractivity contribution in [3.8, 4) is 0 Å². The van der Waals surface area contributed by atoms with E-state index in [2.05, 4.69) is 56.1 Å². The summed E-state index contributed by atoms with van der Waals surface area (Å²) in [5, 5.41) is 11.4. The summed E-state index contributed by atoms with van der Waals surface area (Å²) in [7, 11) is -1.85. The van der Waals surface area contributed by atoms with E-state index in [4.69, 9.17) is 0 Å². The predicted octanol–water partition coefficient (Wildman–Crippen LogP) is 4.36. The Hall–Kier alpha value is -1.55. The summed E-state index contributed by atoms with van der Waals surface area (Å²) in [6, 6.07) is 20.9. The fourth-order valence-electron chi connectivity index (χ4n) is 2.21. The molecule has 22 heavy (non-hydrogen) atoms. The van der Waals surface area contributed by atoms with Gasteiger partial charge in [0, 0.05) is 4.90 Å². The van der Waals surface area contributed by atoms with Gasteiger partial charge < -0.3 is 5.11 Å². The van der Waals surface area contributed by atoms with Gasteiger partial charge in [0.1, 0.15) is 8.07 Å². The number of benzene rings is 2. The lowest BCUT2D eigenvalue weighted by Crippen LogP contribution is -2.43. The third-order valence-electron chi connectivity index (χ3n) is 3.65. The van der Waals surface area contributed by atoms with Crippen LogP contribution in [0.3, 0.4) is 0 Å². The standard InChI is InChI=1S/C19H22OSSi/c1-4-16(20)15-19(21-17-11-7-5-8-12-17)22(2,3)18-13-9-6-10-14-18/h4-16,20H,1H2,2-3H3/b19-15+. The van der Waals surface area contributed by atoms with Crippen molar-refractivity contribution in [2.45, 2.75) is 24.1 Å². The average molecular weight is 327 g/mol. The molecule has 0 saturated heterocycles. The van der Waals surface area contributed by atoms with Gasteiger partial charge >= 0.3 is 0 Å².